The van der Waals surface area contributed by atoms with E-state index in [0.29, 0.717) is 25.2 Å². The summed E-state index contributed by atoms with van der Waals surface area (Å²) in [6.45, 7) is 5.63. The lowest BCUT2D eigenvalue weighted by molar-refractivity contribution is 0.0209. The Morgan fingerprint density at radius 1 is 1.14 bits per heavy atom. The van der Waals surface area contributed by atoms with Crippen molar-refractivity contribution in [3.05, 3.63) is 29.3 Å². The lowest BCUT2D eigenvalue weighted by atomic mass is 9.97. The first-order valence-corrected chi connectivity index (χ1v) is 8.82. The molecular weight excluding hydrogens is 274 g/mol. The molecule has 3 atom stereocenters. The number of aryl methyl sites for hydroxylation is 2. The fourth-order valence-electron chi connectivity index (χ4n) is 3.96. The Balaban J connectivity index is 1.50. The molecule has 3 rings (SSSR count). The molecule has 0 bridgehead atoms. The average molecular weight is 303 g/mol. The van der Waals surface area contributed by atoms with E-state index in [-0.39, 0.29) is 0 Å². The van der Waals surface area contributed by atoms with E-state index in [1.54, 1.807) is 0 Å². The molecule has 3 nitrogen and oxygen atoms in total. The molecule has 1 N–H and O–H groups in total. The van der Waals surface area contributed by atoms with Crippen LogP contribution in [0.3, 0.4) is 0 Å². The molecule has 3 unspecified atom stereocenters. The fourth-order valence-corrected chi connectivity index (χ4v) is 3.96. The minimum atomic E-state index is -0.420. The third kappa shape index (κ3) is 3.64. The number of hydrogen-bond acceptors (Lipinski definition) is 3. The molecular formula is C19H29NO2. The van der Waals surface area contributed by atoms with Gasteiger partial charge in [0, 0.05) is 18.6 Å². The SMILES string of the molecule is CC1CCCC(C)N1CC(O)COc1ccc2c(c1)CCC2. The van der Waals surface area contributed by atoms with E-state index < -0.39 is 6.10 Å². The quantitative estimate of drug-likeness (QED) is 0.907. The highest BCUT2D eigenvalue weighted by atomic mass is 16.5. The number of fused-ring (bicyclic) bond motifs is 1. The summed E-state index contributed by atoms with van der Waals surface area (Å²) in [5.74, 6) is 0.902. The smallest absolute Gasteiger partial charge is 0.119 e. The number of likely N-dealkylation sites (tertiary alicyclic amines) is 1. The van der Waals surface area contributed by atoms with Gasteiger partial charge in [0.25, 0.3) is 0 Å². The van der Waals surface area contributed by atoms with Crippen LogP contribution in [-0.2, 0) is 12.8 Å². The van der Waals surface area contributed by atoms with Crippen LogP contribution in [0.5, 0.6) is 5.75 Å². The summed E-state index contributed by atoms with van der Waals surface area (Å²) in [4.78, 5) is 2.43. The molecule has 0 radical (unpaired) electrons. The molecule has 0 aromatic heterocycles. The van der Waals surface area contributed by atoms with Crippen molar-refractivity contribution in [1.29, 1.82) is 0 Å². The van der Waals surface area contributed by atoms with Crippen molar-refractivity contribution in [3.8, 4) is 5.75 Å². The molecule has 22 heavy (non-hydrogen) atoms. The summed E-state index contributed by atoms with van der Waals surface area (Å²) >= 11 is 0. The highest BCUT2D eigenvalue weighted by molar-refractivity contribution is 5.38. The maximum atomic E-state index is 10.3. The minimum absolute atomic E-state index is 0.384. The van der Waals surface area contributed by atoms with E-state index in [2.05, 4.69) is 30.9 Å². The van der Waals surface area contributed by atoms with E-state index in [1.165, 1.54) is 43.2 Å². The maximum Gasteiger partial charge on any atom is 0.119 e. The largest absolute Gasteiger partial charge is 0.491 e. The summed E-state index contributed by atoms with van der Waals surface area (Å²) in [6, 6.07) is 7.51. The second kappa shape index (κ2) is 7.01. The monoisotopic (exact) mass is 303 g/mol. The molecule has 1 aliphatic heterocycles. The van der Waals surface area contributed by atoms with Crippen LogP contribution in [0.1, 0.15) is 50.7 Å². The third-order valence-electron chi connectivity index (χ3n) is 5.31. The molecule has 1 saturated heterocycles. The number of benzene rings is 1. The number of ether oxygens (including phenoxy) is 1. The van der Waals surface area contributed by atoms with Gasteiger partial charge >= 0.3 is 0 Å². The Bertz CT molecular complexity index is 492. The van der Waals surface area contributed by atoms with Crippen LogP contribution < -0.4 is 4.74 Å². The van der Waals surface area contributed by atoms with E-state index in [1.807, 2.05) is 6.07 Å². The minimum Gasteiger partial charge on any atom is -0.491 e. The van der Waals surface area contributed by atoms with Gasteiger partial charge in [-0.2, -0.15) is 0 Å². The molecule has 1 aliphatic carbocycles. The van der Waals surface area contributed by atoms with Gasteiger partial charge in [0.15, 0.2) is 0 Å². The second-order valence-corrected chi connectivity index (χ2v) is 7.07. The lowest BCUT2D eigenvalue weighted by Gasteiger charge is -2.40. The van der Waals surface area contributed by atoms with Gasteiger partial charge in [0.1, 0.15) is 18.5 Å². The van der Waals surface area contributed by atoms with E-state index >= 15 is 0 Å². The number of hydrogen-bond donors (Lipinski definition) is 1. The molecule has 3 heteroatoms. The van der Waals surface area contributed by atoms with Crippen LogP contribution in [0.4, 0.5) is 0 Å². The number of rotatable bonds is 5. The number of nitrogens with zero attached hydrogens (tertiary/aromatic N) is 1. The summed E-state index contributed by atoms with van der Waals surface area (Å²) in [6.07, 6.45) is 6.98. The van der Waals surface area contributed by atoms with Crippen LogP contribution in [0.25, 0.3) is 0 Å². The van der Waals surface area contributed by atoms with Crippen molar-refractivity contribution in [3.63, 3.8) is 0 Å². The molecule has 1 aromatic carbocycles. The zero-order chi connectivity index (χ0) is 15.5. The molecule has 2 aliphatic rings. The fraction of sp³-hybridized carbons (Fsp3) is 0.684. The molecule has 0 spiro atoms. The van der Waals surface area contributed by atoms with Gasteiger partial charge in [-0.15, -0.1) is 0 Å². The van der Waals surface area contributed by atoms with Crippen LogP contribution in [-0.4, -0.2) is 41.3 Å². The average Bonchev–Trinajstić information content (AvgIpc) is 2.96. The van der Waals surface area contributed by atoms with Crippen molar-refractivity contribution in [2.24, 2.45) is 0 Å². The van der Waals surface area contributed by atoms with E-state index in [0.717, 1.165) is 12.2 Å². The van der Waals surface area contributed by atoms with Crippen molar-refractivity contribution >= 4 is 0 Å². The van der Waals surface area contributed by atoms with Crippen LogP contribution in [0, 0.1) is 0 Å². The topological polar surface area (TPSA) is 32.7 Å². The van der Waals surface area contributed by atoms with Crippen LogP contribution >= 0.6 is 0 Å². The Hall–Kier alpha value is -1.06. The van der Waals surface area contributed by atoms with Crippen molar-refractivity contribution in [2.75, 3.05) is 13.2 Å². The second-order valence-electron chi connectivity index (χ2n) is 7.07. The predicted molar refractivity (Wildman–Crippen MR) is 89.4 cm³/mol. The molecule has 1 aromatic rings. The number of aliphatic hydroxyl groups excluding tert-OH is 1. The molecule has 1 heterocycles. The zero-order valence-corrected chi connectivity index (χ0v) is 13.9. The Labute approximate surface area is 134 Å². The number of aliphatic hydroxyl groups is 1. The van der Waals surface area contributed by atoms with Crippen molar-refractivity contribution in [1.82, 2.24) is 4.90 Å². The number of piperidine rings is 1. The third-order valence-corrected chi connectivity index (χ3v) is 5.31. The summed E-state index contributed by atoms with van der Waals surface area (Å²) in [5, 5.41) is 10.3. The van der Waals surface area contributed by atoms with Gasteiger partial charge in [-0.1, -0.05) is 12.5 Å². The normalized spacial score (nSPS) is 26.7. The maximum absolute atomic E-state index is 10.3. The van der Waals surface area contributed by atoms with Crippen molar-refractivity contribution in [2.45, 2.75) is 70.6 Å². The molecule has 1 fully saturated rings. The van der Waals surface area contributed by atoms with E-state index in [4.69, 9.17) is 4.74 Å². The standard InChI is InChI=1S/C19H29NO2/c1-14-5-3-6-15(2)20(14)12-18(21)13-22-19-10-9-16-7-4-8-17(16)11-19/h9-11,14-15,18,21H,3-8,12-13H2,1-2H3. The highest BCUT2D eigenvalue weighted by Crippen LogP contribution is 2.26. The van der Waals surface area contributed by atoms with Crippen LogP contribution in [0.2, 0.25) is 0 Å². The first-order chi connectivity index (χ1) is 10.6. The van der Waals surface area contributed by atoms with Gasteiger partial charge in [-0.05, 0) is 69.2 Å². The highest BCUT2D eigenvalue weighted by Gasteiger charge is 2.26. The zero-order valence-electron chi connectivity index (χ0n) is 13.9. The van der Waals surface area contributed by atoms with Gasteiger partial charge in [-0.3, -0.25) is 4.90 Å². The van der Waals surface area contributed by atoms with Crippen molar-refractivity contribution < 1.29 is 9.84 Å². The Kier molecular flexibility index (Phi) is 5.04. The summed E-state index contributed by atoms with van der Waals surface area (Å²) in [5.41, 5.74) is 2.88. The first kappa shape index (κ1) is 15.8. The van der Waals surface area contributed by atoms with Gasteiger partial charge in [-0.25, -0.2) is 0 Å². The molecule has 0 saturated carbocycles. The van der Waals surface area contributed by atoms with Gasteiger partial charge in [0.05, 0.1) is 0 Å². The summed E-state index contributed by atoms with van der Waals surface area (Å²) in [7, 11) is 0. The predicted octanol–water partition coefficient (Wildman–Crippen LogP) is 3.18. The van der Waals surface area contributed by atoms with Gasteiger partial charge < -0.3 is 9.84 Å². The number of β-amino-alcohol motifs (C(OH)–C–C–N with tert-alkyl or cyclic N) is 1. The Morgan fingerprint density at radius 3 is 2.64 bits per heavy atom. The summed E-state index contributed by atoms with van der Waals surface area (Å²) < 4.78 is 5.83. The molecule has 122 valence electrons. The van der Waals surface area contributed by atoms with E-state index in [9.17, 15) is 5.11 Å². The first-order valence-electron chi connectivity index (χ1n) is 8.82. The van der Waals surface area contributed by atoms with Gasteiger partial charge in [0.2, 0.25) is 0 Å². The molecule has 0 amide bonds. The van der Waals surface area contributed by atoms with Crippen LogP contribution in [0.15, 0.2) is 18.2 Å². The Morgan fingerprint density at radius 2 is 1.86 bits per heavy atom. The lowest BCUT2D eigenvalue weighted by Crippen LogP contribution is -2.48.